The molecule has 1 saturated carbocycles. The highest BCUT2D eigenvalue weighted by Gasteiger charge is 2.48. The molecule has 0 saturated heterocycles. The Bertz CT molecular complexity index is 1370. The Labute approximate surface area is 217 Å². The lowest BCUT2D eigenvalue weighted by Gasteiger charge is -2.41. The molecule has 1 atom stereocenters. The molecule has 3 aromatic rings. The van der Waals surface area contributed by atoms with E-state index in [-0.39, 0.29) is 29.6 Å². The van der Waals surface area contributed by atoms with Crippen LogP contribution in [-0.2, 0) is 22.4 Å². The molecular formula is C29H36N4O4. The van der Waals surface area contributed by atoms with Crippen molar-refractivity contribution in [3.8, 4) is 5.75 Å². The summed E-state index contributed by atoms with van der Waals surface area (Å²) < 4.78 is 7.92. The van der Waals surface area contributed by atoms with E-state index in [1.807, 2.05) is 32.0 Å². The summed E-state index contributed by atoms with van der Waals surface area (Å²) >= 11 is 0. The maximum Gasteiger partial charge on any atom is 0.338 e. The molecule has 8 nitrogen and oxygen atoms in total. The number of carbonyl (C=O) groups is 1. The number of esters is 1. The Hall–Kier alpha value is -3.42. The van der Waals surface area contributed by atoms with Gasteiger partial charge < -0.3 is 14.9 Å². The van der Waals surface area contributed by atoms with Crippen molar-refractivity contribution in [1.29, 1.82) is 0 Å². The van der Waals surface area contributed by atoms with Crippen molar-refractivity contribution in [1.82, 2.24) is 19.6 Å². The molecule has 1 unspecified atom stereocenters. The van der Waals surface area contributed by atoms with Gasteiger partial charge in [-0.1, -0.05) is 38.8 Å². The van der Waals surface area contributed by atoms with Gasteiger partial charge >= 0.3 is 5.97 Å². The summed E-state index contributed by atoms with van der Waals surface area (Å²) in [5.41, 5.74) is 3.25. The molecule has 1 fully saturated rings. The number of phenolic OH excluding ortho intramolecular Hbond substituents is 1. The summed E-state index contributed by atoms with van der Waals surface area (Å²) in [6.07, 6.45) is 5.91. The van der Waals surface area contributed by atoms with Crippen LogP contribution < -0.4 is 0 Å². The topological polar surface area (TPSA) is 110 Å². The predicted octanol–water partition coefficient (Wildman–Crippen LogP) is 5.43. The van der Waals surface area contributed by atoms with E-state index in [2.05, 4.69) is 28.9 Å². The number of ether oxygens (including phenoxy) is 1. The number of cyclic esters (lactones) is 1. The Morgan fingerprint density at radius 1 is 1.14 bits per heavy atom. The van der Waals surface area contributed by atoms with E-state index in [9.17, 15) is 15.0 Å². The van der Waals surface area contributed by atoms with Crippen LogP contribution >= 0.6 is 0 Å². The first-order chi connectivity index (χ1) is 17.6. The van der Waals surface area contributed by atoms with Gasteiger partial charge in [-0.3, -0.25) is 0 Å². The van der Waals surface area contributed by atoms with Gasteiger partial charge in [0.15, 0.2) is 5.82 Å². The lowest BCUT2D eigenvalue weighted by molar-refractivity contribution is -0.167. The molecule has 3 heterocycles. The number of aliphatic hydroxyl groups excluding tert-OH is 1. The maximum atomic E-state index is 13.4. The molecule has 2 N–H and O–H groups in total. The van der Waals surface area contributed by atoms with E-state index < -0.39 is 11.6 Å². The highest BCUT2D eigenvalue weighted by molar-refractivity contribution is 5.90. The number of aryl methyl sites for hydroxylation is 3. The summed E-state index contributed by atoms with van der Waals surface area (Å²) in [5.74, 6) is 1.23. The van der Waals surface area contributed by atoms with Crippen molar-refractivity contribution in [2.24, 2.45) is 5.92 Å². The van der Waals surface area contributed by atoms with E-state index >= 15 is 0 Å². The van der Waals surface area contributed by atoms with E-state index in [1.165, 1.54) is 0 Å². The van der Waals surface area contributed by atoms with Gasteiger partial charge in [0.1, 0.15) is 17.1 Å². The number of phenols is 1. The molecule has 2 aliphatic rings. The number of hydrogen-bond donors (Lipinski definition) is 2. The number of aliphatic hydroxyl groups is 1. The van der Waals surface area contributed by atoms with Crippen LogP contribution in [0.15, 0.2) is 35.6 Å². The number of nitrogens with zero attached hydrogens (tertiary/aromatic N) is 4. The molecule has 1 aliphatic carbocycles. The first kappa shape index (κ1) is 25.2. The fraction of sp³-hybridized carbons (Fsp3) is 0.517. The summed E-state index contributed by atoms with van der Waals surface area (Å²) in [5, 5.41) is 25.9. The van der Waals surface area contributed by atoms with Gasteiger partial charge in [-0.05, 0) is 74.6 Å². The molecular weight excluding hydrogens is 468 g/mol. The minimum atomic E-state index is -0.737. The molecule has 1 aliphatic heterocycles. The predicted molar refractivity (Wildman–Crippen MR) is 140 cm³/mol. The average molecular weight is 505 g/mol. The fourth-order valence-corrected chi connectivity index (χ4v) is 6.01. The zero-order valence-electron chi connectivity index (χ0n) is 22.1. The van der Waals surface area contributed by atoms with Gasteiger partial charge in [0, 0.05) is 24.2 Å². The third kappa shape index (κ3) is 4.93. The zero-order chi connectivity index (χ0) is 26.3. The molecule has 0 radical (unpaired) electrons. The lowest BCUT2D eigenvalue weighted by Crippen LogP contribution is -2.46. The SMILES string of the molecule is Cc1cc(C)n2nc(CC3=C(O)CC(CCc4ccc(O)c(C(C)C)c4)(C4CCCC4)OC3=O)nc2n1. The number of hydrogen-bond acceptors (Lipinski definition) is 7. The smallest absolute Gasteiger partial charge is 0.338 e. The average Bonchev–Trinajstić information content (AvgIpc) is 3.51. The van der Waals surface area contributed by atoms with Gasteiger partial charge in [0.2, 0.25) is 0 Å². The first-order valence-electron chi connectivity index (χ1n) is 13.3. The van der Waals surface area contributed by atoms with Crippen LogP contribution in [0.5, 0.6) is 5.75 Å². The van der Waals surface area contributed by atoms with E-state index in [4.69, 9.17) is 4.74 Å². The number of fused-ring (bicyclic) bond motifs is 1. The number of aromatic hydroxyl groups is 1. The maximum absolute atomic E-state index is 13.4. The Morgan fingerprint density at radius 3 is 2.59 bits per heavy atom. The molecule has 1 aromatic carbocycles. The summed E-state index contributed by atoms with van der Waals surface area (Å²) in [6, 6.07) is 7.64. The summed E-state index contributed by atoms with van der Waals surface area (Å²) in [6.45, 7) is 7.95. The van der Waals surface area contributed by atoms with Crippen molar-refractivity contribution < 1.29 is 19.7 Å². The third-order valence-electron chi connectivity index (χ3n) is 8.00. The quantitative estimate of drug-likeness (QED) is 0.413. The normalized spacial score (nSPS) is 20.8. The molecule has 2 aromatic heterocycles. The molecule has 8 heteroatoms. The van der Waals surface area contributed by atoms with Crippen LogP contribution in [0.3, 0.4) is 0 Å². The molecule has 0 amide bonds. The fourth-order valence-electron chi connectivity index (χ4n) is 6.01. The van der Waals surface area contributed by atoms with E-state index in [0.717, 1.165) is 48.2 Å². The molecule has 196 valence electrons. The molecule has 0 bridgehead atoms. The van der Waals surface area contributed by atoms with E-state index in [0.29, 0.717) is 36.6 Å². The van der Waals surface area contributed by atoms with Crippen LogP contribution in [0, 0.1) is 19.8 Å². The van der Waals surface area contributed by atoms with Crippen molar-refractivity contribution in [2.45, 2.75) is 90.6 Å². The van der Waals surface area contributed by atoms with Gasteiger partial charge in [0.25, 0.3) is 5.78 Å². The van der Waals surface area contributed by atoms with Crippen LogP contribution in [0.2, 0.25) is 0 Å². The largest absolute Gasteiger partial charge is 0.512 e. The minimum Gasteiger partial charge on any atom is -0.512 e. The van der Waals surface area contributed by atoms with Crippen LogP contribution in [0.1, 0.15) is 86.6 Å². The second-order valence-corrected chi connectivity index (χ2v) is 11.0. The zero-order valence-corrected chi connectivity index (χ0v) is 22.1. The van der Waals surface area contributed by atoms with Gasteiger partial charge in [-0.25, -0.2) is 14.3 Å². The number of benzene rings is 1. The molecule has 0 spiro atoms. The second-order valence-electron chi connectivity index (χ2n) is 11.0. The lowest BCUT2D eigenvalue weighted by atomic mass is 9.76. The second kappa shape index (κ2) is 9.80. The standard InChI is InChI=1S/C29H36N4O4/c1-17(2)22-14-20(9-10-24(22)34)11-12-29(21-7-5-6-8-21)16-25(35)23(27(36)37-29)15-26-31-28-30-18(3)13-19(4)33(28)32-26/h9-10,13-14,17,21,34-35H,5-8,11-12,15-16H2,1-4H3. The number of rotatable bonds is 7. The van der Waals surface area contributed by atoms with Crippen molar-refractivity contribution >= 4 is 11.7 Å². The molecule has 37 heavy (non-hydrogen) atoms. The number of carbonyl (C=O) groups excluding carboxylic acids is 1. The van der Waals surface area contributed by atoms with Gasteiger partial charge in [-0.15, -0.1) is 5.10 Å². The highest BCUT2D eigenvalue weighted by Crippen LogP contribution is 2.46. The summed E-state index contributed by atoms with van der Waals surface area (Å²) in [7, 11) is 0. The minimum absolute atomic E-state index is 0.0800. The van der Waals surface area contributed by atoms with Crippen LogP contribution in [0.25, 0.3) is 5.78 Å². The Morgan fingerprint density at radius 2 is 1.89 bits per heavy atom. The van der Waals surface area contributed by atoms with Crippen molar-refractivity contribution in [3.05, 3.63) is 63.9 Å². The van der Waals surface area contributed by atoms with Crippen molar-refractivity contribution in [3.63, 3.8) is 0 Å². The van der Waals surface area contributed by atoms with Gasteiger partial charge in [0.05, 0.1) is 5.57 Å². The Balaban J connectivity index is 1.41. The Kier molecular flexibility index (Phi) is 6.68. The van der Waals surface area contributed by atoms with Crippen LogP contribution in [-0.4, -0.2) is 41.4 Å². The first-order valence-corrected chi connectivity index (χ1v) is 13.3. The van der Waals surface area contributed by atoms with Gasteiger partial charge in [-0.2, -0.15) is 4.98 Å². The highest BCUT2D eigenvalue weighted by atomic mass is 16.6. The van der Waals surface area contributed by atoms with Crippen molar-refractivity contribution in [2.75, 3.05) is 0 Å². The van der Waals surface area contributed by atoms with Crippen LogP contribution in [0.4, 0.5) is 0 Å². The van der Waals surface area contributed by atoms with E-state index in [1.54, 1.807) is 10.6 Å². The molecule has 5 rings (SSSR count). The number of aromatic nitrogens is 4. The summed E-state index contributed by atoms with van der Waals surface area (Å²) in [4.78, 5) is 22.3. The monoisotopic (exact) mass is 504 g/mol. The third-order valence-corrected chi connectivity index (χ3v) is 8.00.